The minimum atomic E-state index is -0.578. The molecule has 1 aliphatic heterocycles. The highest BCUT2D eigenvalue weighted by Crippen LogP contribution is 2.19. The van der Waals surface area contributed by atoms with Crippen LogP contribution in [0.2, 0.25) is 0 Å². The van der Waals surface area contributed by atoms with Gasteiger partial charge in [0.25, 0.3) is 0 Å². The number of anilines is 1. The van der Waals surface area contributed by atoms with E-state index in [-0.39, 0.29) is 23.8 Å². The molecule has 30 heavy (non-hydrogen) atoms. The van der Waals surface area contributed by atoms with Crippen LogP contribution in [-0.4, -0.2) is 23.9 Å². The van der Waals surface area contributed by atoms with E-state index in [2.05, 4.69) is 41.9 Å². The Kier molecular flexibility index (Phi) is 7.27. The lowest BCUT2D eigenvalue weighted by Gasteiger charge is -2.29. The summed E-state index contributed by atoms with van der Waals surface area (Å²) in [6, 6.07) is 15.1. The molecule has 0 fully saturated rings. The molecule has 0 aliphatic carbocycles. The Morgan fingerprint density at radius 1 is 1.03 bits per heavy atom. The molecule has 0 unspecified atom stereocenters. The summed E-state index contributed by atoms with van der Waals surface area (Å²) in [5.74, 6) is 0.168. The highest BCUT2D eigenvalue weighted by molar-refractivity contribution is 5.98. The van der Waals surface area contributed by atoms with E-state index in [0.29, 0.717) is 18.9 Å². The lowest BCUT2D eigenvalue weighted by atomic mass is 9.94. The quantitative estimate of drug-likeness (QED) is 0.650. The van der Waals surface area contributed by atoms with E-state index in [4.69, 9.17) is 0 Å². The fourth-order valence-electron chi connectivity index (χ4n) is 3.77. The third-order valence-corrected chi connectivity index (χ3v) is 6.04. The number of rotatable bonds is 7. The summed E-state index contributed by atoms with van der Waals surface area (Å²) in [5, 5.41) is 9.28. The first kappa shape index (κ1) is 22.0. The van der Waals surface area contributed by atoms with Crippen molar-refractivity contribution in [3.63, 3.8) is 0 Å². The number of carbonyl (C=O) groups is 2. The van der Waals surface area contributed by atoms with Gasteiger partial charge in [0.2, 0.25) is 11.8 Å². The Morgan fingerprint density at radius 2 is 1.70 bits per heavy atom. The lowest BCUT2D eigenvalue weighted by molar-refractivity contribution is -0.129. The zero-order valence-electron chi connectivity index (χ0n) is 18.4. The van der Waals surface area contributed by atoms with E-state index in [1.165, 1.54) is 16.7 Å². The van der Waals surface area contributed by atoms with Crippen LogP contribution in [0.25, 0.3) is 0 Å². The molecule has 5 heteroatoms. The molecule has 2 aromatic carbocycles. The molecule has 5 nitrogen and oxygen atoms in total. The van der Waals surface area contributed by atoms with Gasteiger partial charge >= 0.3 is 0 Å². The Labute approximate surface area is 179 Å². The summed E-state index contributed by atoms with van der Waals surface area (Å²) in [4.78, 5) is 26.0. The summed E-state index contributed by atoms with van der Waals surface area (Å²) in [7, 11) is 0. The van der Waals surface area contributed by atoms with Crippen LogP contribution in [0.5, 0.6) is 0 Å². The molecule has 0 bridgehead atoms. The average molecular weight is 408 g/mol. The van der Waals surface area contributed by atoms with Crippen LogP contribution in [0.15, 0.2) is 48.5 Å². The smallest absolute Gasteiger partial charge is 0.247 e. The van der Waals surface area contributed by atoms with Gasteiger partial charge in [0, 0.05) is 12.2 Å². The first-order chi connectivity index (χ1) is 14.4. The first-order valence-electron chi connectivity index (χ1n) is 10.9. The molecule has 1 heterocycles. The second-order valence-electron chi connectivity index (χ2n) is 8.54. The normalized spacial score (nSPS) is 17.7. The number of carbonyl (C=O) groups excluding carboxylic acids is 2. The van der Waals surface area contributed by atoms with Crippen molar-refractivity contribution >= 4 is 17.5 Å². The summed E-state index contributed by atoms with van der Waals surface area (Å²) in [6.45, 7) is 8.97. The lowest BCUT2D eigenvalue weighted by Crippen LogP contribution is -2.55. The monoisotopic (exact) mass is 407 g/mol. The van der Waals surface area contributed by atoms with Gasteiger partial charge in [0.1, 0.15) is 6.04 Å². The van der Waals surface area contributed by atoms with Crippen LogP contribution in [0, 0.1) is 5.92 Å². The third-order valence-electron chi connectivity index (χ3n) is 6.04. The zero-order chi connectivity index (χ0) is 21.7. The molecule has 3 N–H and O–H groups in total. The van der Waals surface area contributed by atoms with Gasteiger partial charge in [0.15, 0.2) is 0 Å². The predicted octanol–water partition coefficient (Wildman–Crippen LogP) is 3.99. The van der Waals surface area contributed by atoms with Crippen LogP contribution >= 0.6 is 0 Å². The molecular formula is C25H33N3O2. The van der Waals surface area contributed by atoms with Gasteiger partial charge in [-0.3, -0.25) is 9.59 Å². The number of hydrogen-bond donors (Lipinski definition) is 3. The van der Waals surface area contributed by atoms with E-state index in [9.17, 15) is 9.59 Å². The zero-order valence-corrected chi connectivity index (χ0v) is 18.4. The second-order valence-corrected chi connectivity index (χ2v) is 8.54. The number of hydrogen-bond acceptors (Lipinski definition) is 3. The number of nitrogens with one attached hydrogen (secondary N) is 3. The number of amides is 2. The summed E-state index contributed by atoms with van der Waals surface area (Å²) in [5.41, 5.74) is 4.38. The topological polar surface area (TPSA) is 70.2 Å². The van der Waals surface area contributed by atoms with Crippen LogP contribution in [0.1, 0.15) is 56.7 Å². The van der Waals surface area contributed by atoms with Crippen LogP contribution in [-0.2, 0) is 22.6 Å². The molecule has 0 aromatic heterocycles. The molecule has 2 amide bonds. The minimum absolute atomic E-state index is 0.0276. The standard InChI is InChI=1S/C25H33N3O2/c1-5-17(4)23(25(30)27-21-12-10-18(11-13-21)16(2)3)28-24(29)22-14-19-8-6-7-9-20(19)15-26-22/h6-13,16-17,22-23,26H,5,14-15H2,1-4H3,(H,27,30)(H,28,29)/t17-,22+,23+/m0/s1. The Morgan fingerprint density at radius 3 is 2.33 bits per heavy atom. The fourth-order valence-corrected chi connectivity index (χ4v) is 3.77. The molecule has 1 aliphatic rings. The Balaban J connectivity index is 1.66. The van der Waals surface area contributed by atoms with Crippen molar-refractivity contribution in [2.45, 2.75) is 65.1 Å². The maximum absolute atomic E-state index is 13.0. The van der Waals surface area contributed by atoms with Gasteiger partial charge in [-0.25, -0.2) is 0 Å². The van der Waals surface area contributed by atoms with Gasteiger partial charge < -0.3 is 16.0 Å². The highest BCUT2D eigenvalue weighted by atomic mass is 16.2. The number of benzene rings is 2. The second kappa shape index (κ2) is 9.90. The van der Waals surface area contributed by atoms with Gasteiger partial charge in [-0.15, -0.1) is 0 Å². The molecule has 0 saturated heterocycles. The van der Waals surface area contributed by atoms with Crippen molar-refractivity contribution in [1.82, 2.24) is 10.6 Å². The van der Waals surface area contributed by atoms with Crippen molar-refractivity contribution in [2.24, 2.45) is 5.92 Å². The van der Waals surface area contributed by atoms with E-state index < -0.39 is 6.04 Å². The predicted molar refractivity (Wildman–Crippen MR) is 121 cm³/mol. The molecule has 0 saturated carbocycles. The molecular weight excluding hydrogens is 374 g/mol. The molecule has 2 aromatic rings. The fraction of sp³-hybridized carbons (Fsp3) is 0.440. The van der Waals surface area contributed by atoms with E-state index >= 15 is 0 Å². The Bertz CT molecular complexity index is 876. The van der Waals surface area contributed by atoms with Gasteiger partial charge in [-0.2, -0.15) is 0 Å². The van der Waals surface area contributed by atoms with Crippen LogP contribution in [0.3, 0.4) is 0 Å². The van der Waals surface area contributed by atoms with Crippen LogP contribution in [0.4, 0.5) is 5.69 Å². The van der Waals surface area contributed by atoms with Crippen LogP contribution < -0.4 is 16.0 Å². The molecule has 3 atom stereocenters. The SMILES string of the molecule is CC[C@H](C)[C@@H](NC(=O)[C@H]1Cc2ccccc2CN1)C(=O)Nc1ccc(C(C)C)cc1. The largest absolute Gasteiger partial charge is 0.343 e. The van der Waals surface area contributed by atoms with Gasteiger partial charge in [-0.1, -0.05) is 70.5 Å². The van der Waals surface area contributed by atoms with E-state index in [1.54, 1.807) is 0 Å². The Hall–Kier alpha value is -2.66. The van der Waals surface area contributed by atoms with E-state index in [1.807, 2.05) is 50.2 Å². The third kappa shape index (κ3) is 5.28. The van der Waals surface area contributed by atoms with Crippen molar-refractivity contribution in [3.8, 4) is 0 Å². The van der Waals surface area contributed by atoms with Gasteiger partial charge in [0.05, 0.1) is 6.04 Å². The molecule has 0 radical (unpaired) electrons. The molecule has 0 spiro atoms. The maximum Gasteiger partial charge on any atom is 0.247 e. The van der Waals surface area contributed by atoms with Gasteiger partial charge in [-0.05, 0) is 47.1 Å². The summed E-state index contributed by atoms with van der Waals surface area (Å²) in [6.07, 6.45) is 1.43. The van der Waals surface area contributed by atoms with Crippen molar-refractivity contribution in [3.05, 3.63) is 65.2 Å². The maximum atomic E-state index is 13.0. The minimum Gasteiger partial charge on any atom is -0.343 e. The summed E-state index contributed by atoms with van der Waals surface area (Å²) >= 11 is 0. The van der Waals surface area contributed by atoms with Crippen molar-refractivity contribution in [1.29, 1.82) is 0 Å². The van der Waals surface area contributed by atoms with Crippen molar-refractivity contribution < 1.29 is 9.59 Å². The molecule has 160 valence electrons. The molecule has 3 rings (SSSR count). The van der Waals surface area contributed by atoms with E-state index in [0.717, 1.165) is 12.1 Å². The van der Waals surface area contributed by atoms with Crippen molar-refractivity contribution in [2.75, 3.05) is 5.32 Å². The number of fused-ring (bicyclic) bond motifs is 1. The highest BCUT2D eigenvalue weighted by Gasteiger charge is 2.30. The first-order valence-corrected chi connectivity index (χ1v) is 10.9. The summed E-state index contributed by atoms with van der Waals surface area (Å²) < 4.78 is 0. The average Bonchev–Trinajstić information content (AvgIpc) is 2.76.